The number of anilines is 1. The molecule has 2 aliphatic rings. The molecule has 1 aromatic heterocycles. The number of fused-ring (bicyclic) bond motifs is 1. The van der Waals surface area contributed by atoms with Crippen molar-refractivity contribution in [2.75, 3.05) is 11.4 Å². The van der Waals surface area contributed by atoms with Crippen LogP contribution in [-0.2, 0) is 11.3 Å². The Bertz CT molecular complexity index is 693. The summed E-state index contributed by atoms with van der Waals surface area (Å²) in [4.78, 5) is 17.8. The van der Waals surface area contributed by atoms with Crippen LogP contribution in [0.1, 0.15) is 42.0 Å². The molecular formula is C15H15N3O3. The Balaban J connectivity index is 1.58. The Morgan fingerprint density at radius 3 is 2.95 bits per heavy atom. The van der Waals surface area contributed by atoms with Gasteiger partial charge in [-0.05, 0) is 24.5 Å². The third-order valence-corrected chi connectivity index (χ3v) is 4.11. The molecule has 21 heavy (non-hydrogen) atoms. The molecule has 0 saturated heterocycles. The number of hydrogen-bond acceptors (Lipinski definition) is 5. The number of hydrogen-bond donors (Lipinski definition) is 1. The summed E-state index contributed by atoms with van der Waals surface area (Å²) in [7, 11) is 0. The van der Waals surface area contributed by atoms with Gasteiger partial charge in [0.05, 0.1) is 6.54 Å². The molecular weight excluding hydrogens is 270 g/mol. The van der Waals surface area contributed by atoms with Gasteiger partial charge in [-0.1, -0.05) is 23.4 Å². The van der Waals surface area contributed by atoms with Crippen molar-refractivity contribution in [3.05, 3.63) is 41.5 Å². The van der Waals surface area contributed by atoms with Crippen LogP contribution in [0.25, 0.3) is 0 Å². The minimum absolute atomic E-state index is 0.440. The second-order valence-corrected chi connectivity index (χ2v) is 5.65. The predicted molar refractivity (Wildman–Crippen MR) is 74.1 cm³/mol. The second kappa shape index (κ2) is 4.58. The molecule has 1 saturated carbocycles. The lowest BCUT2D eigenvalue weighted by molar-refractivity contribution is -0.138. The van der Waals surface area contributed by atoms with E-state index in [0.717, 1.165) is 29.9 Å². The lowest BCUT2D eigenvalue weighted by Gasteiger charge is -2.16. The maximum atomic E-state index is 11.4. The van der Waals surface area contributed by atoms with Gasteiger partial charge in [-0.2, -0.15) is 4.98 Å². The number of rotatable bonds is 4. The van der Waals surface area contributed by atoms with E-state index in [1.54, 1.807) is 0 Å². The molecule has 108 valence electrons. The molecule has 1 fully saturated rings. The van der Waals surface area contributed by atoms with Crippen LogP contribution in [0.3, 0.4) is 0 Å². The minimum atomic E-state index is -0.797. The van der Waals surface area contributed by atoms with Crippen LogP contribution in [0, 0.1) is 0 Å². The Kier molecular flexibility index (Phi) is 2.70. The number of carboxylic acid groups (broad SMARTS) is 1. The number of carboxylic acids is 1. The Morgan fingerprint density at radius 1 is 1.38 bits per heavy atom. The average Bonchev–Trinajstić information content (AvgIpc) is 3.12. The van der Waals surface area contributed by atoms with Crippen molar-refractivity contribution in [2.24, 2.45) is 0 Å². The third-order valence-electron chi connectivity index (χ3n) is 4.11. The molecule has 6 nitrogen and oxygen atoms in total. The molecule has 0 bridgehead atoms. The van der Waals surface area contributed by atoms with Gasteiger partial charge in [0.15, 0.2) is 5.82 Å². The smallest absolute Gasteiger partial charge is 0.312 e. The highest BCUT2D eigenvalue weighted by Crippen LogP contribution is 2.39. The molecule has 0 amide bonds. The number of nitrogens with zero attached hydrogens (tertiary/aromatic N) is 3. The van der Waals surface area contributed by atoms with E-state index >= 15 is 0 Å². The molecule has 0 spiro atoms. The zero-order valence-corrected chi connectivity index (χ0v) is 11.4. The normalized spacial score (nSPS) is 20.6. The highest BCUT2D eigenvalue weighted by molar-refractivity contribution is 5.82. The van der Waals surface area contributed by atoms with E-state index in [1.807, 2.05) is 29.2 Å². The summed E-state index contributed by atoms with van der Waals surface area (Å²) < 4.78 is 5.29. The molecule has 1 aromatic carbocycles. The van der Waals surface area contributed by atoms with Gasteiger partial charge >= 0.3 is 5.97 Å². The molecule has 6 heteroatoms. The fraction of sp³-hybridized carbons (Fsp3) is 0.400. The summed E-state index contributed by atoms with van der Waals surface area (Å²) in [5, 5.41) is 13.4. The molecule has 1 aliphatic heterocycles. The number of aromatic nitrogens is 2. The van der Waals surface area contributed by atoms with Crippen molar-refractivity contribution in [3.8, 4) is 0 Å². The van der Waals surface area contributed by atoms with E-state index in [9.17, 15) is 9.90 Å². The van der Waals surface area contributed by atoms with E-state index in [1.165, 1.54) is 0 Å². The van der Waals surface area contributed by atoms with Crippen LogP contribution in [0.4, 0.5) is 5.69 Å². The van der Waals surface area contributed by atoms with Crippen LogP contribution < -0.4 is 4.90 Å². The van der Waals surface area contributed by atoms with Crippen molar-refractivity contribution in [1.82, 2.24) is 10.1 Å². The maximum Gasteiger partial charge on any atom is 0.312 e. The zero-order valence-electron chi connectivity index (χ0n) is 11.4. The third kappa shape index (κ3) is 2.16. The first-order valence-electron chi connectivity index (χ1n) is 7.11. The van der Waals surface area contributed by atoms with Gasteiger partial charge < -0.3 is 14.5 Å². The Labute approximate surface area is 121 Å². The van der Waals surface area contributed by atoms with Crippen molar-refractivity contribution in [3.63, 3.8) is 0 Å². The first-order valence-corrected chi connectivity index (χ1v) is 7.11. The van der Waals surface area contributed by atoms with Crippen LogP contribution >= 0.6 is 0 Å². The average molecular weight is 285 g/mol. The number of benzene rings is 1. The Morgan fingerprint density at radius 2 is 2.19 bits per heavy atom. The quantitative estimate of drug-likeness (QED) is 0.927. The van der Waals surface area contributed by atoms with E-state index in [-0.39, 0.29) is 0 Å². The van der Waals surface area contributed by atoms with Gasteiger partial charge in [-0.25, -0.2) is 0 Å². The monoisotopic (exact) mass is 285 g/mol. The lowest BCUT2D eigenvalue weighted by Crippen LogP contribution is -2.24. The van der Waals surface area contributed by atoms with Crippen LogP contribution in [-0.4, -0.2) is 27.8 Å². The van der Waals surface area contributed by atoms with Gasteiger partial charge in [-0.3, -0.25) is 4.79 Å². The van der Waals surface area contributed by atoms with Crippen LogP contribution in [0.15, 0.2) is 28.8 Å². The molecule has 0 radical (unpaired) electrons. The summed E-state index contributed by atoms with van der Waals surface area (Å²) in [6.07, 6.45) is 2.26. The lowest BCUT2D eigenvalue weighted by atomic mass is 10.0. The maximum absolute atomic E-state index is 11.4. The summed E-state index contributed by atoms with van der Waals surface area (Å²) in [5.74, 6) is 0.506. The van der Waals surface area contributed by atoms with E-state index in [0.29, 0.717) is 24.9 Å². The highest BCUT2D eigenvalue weighted by atomic mass is 16.5. The SMILES string of the molecule is O=C(O)C1CN(Cc2nc(C3CC3)no2)c2ccccc21. The van der Waals surface area contributed by atoms with Crippen molar-refractivity contribution >= 4 is 11.7 Å². The van der Waals surface area contributed by atoms with Crippen LogP contribution in [0.5, 0.6) is 0 Å². The molecule has 1 unspecified atom stereocenters. The first-order chi connectivity index (χ1) is 10.2. The number of carbonyl (C=O) groups is 1. The topological polar surface area (TPSA) is 79.5 Å². The summed E-state index contributed by atoms with van der Waals surface area (Å²) >= 11 is 0. The first kappa shape index (κ1) is 12.4. The molecule has 2 heterocycles. The number of aliphatic carboxylic acids is 1. The largest absolute Gasteiger partial charge is 0.481 e. The summed E-state index contributed by atoms with van der Waals surface area (Å²) in [6, 6.07) is 7.60. The molecule has 1 N–H and O–H groups in total. The summed E-state index contributed by atoms with van der Waals surface area (Å²) in [6.45, 7) is 0.899. The van der Waals surface area contributed by atoms with Gasteiger partial charge in [0.1, 0.15) is 5.92 Å². The molecule has 4 rings (SSSR count). The van der Waals surface area contributed by atoms with Crippen molar-refractivity contribution < 1.29 is 14.4 Å². The van der Waals surface area contributed by atoms with E-state index in [2.05, 4.69) is 10.1 Å². The van der Waals surface area contributed by atoms with Gasteiger partial charge in [-0.15, -0.1) is 0 Å². The Hall–Kier alpha value is -2.37. The van der Waals surface area contributed by atoms with Crippen molar-refractivity contribution in [2.45, 2.75) is 31.2 Å². The van der Waals surface area contributed by atoms with E-state index in [4.69, 9.17) is 4.52 Å². The number of para-hydroxylation sites is 1. The van der Waals surface area contributed by atoms with Gasteiger partial charge in [0.2, 0.25) is 5.89 Å². The molecule has 1 atom stereocenters. The van der Waals surface area contributed by atoms with E-state index < -0.39 is 11.9 Å². The molecule has 2 aromatic rings. The van der Waals surface area contributed by atoms with Gasteiger partial charge in [0, 0.05) is 18.2 Å². The zero-order chi connectivity index (χ0) is 14.4. The molecule has 1 aliphatic carbocycles. The minimum Gasteiger partial charge on any atom is -0.481 e. The van der Waals surface area contributed by atoms with Crippen LogP contribution in [0.2, 0.25) is 0 Å². The highest BCUT2D eigenvalue weighted by Gasteiger charge is 2.34. The standard InChI is InChI=1S/C15H15N3O3/c19-15(20)11-7-18(12-4-2-1-3-10(11)12)8-13-16-14(17-21-13)9-5-6-9/h1-4,9,11H,5-8H2,(H,19,20). The fourth-order valence-corrected chi connectivity index (χ4v) is 2.85. The van der Waals surface area contributed by atoms with Crippen molar-refractivity contribution in [1.29, 1.82) is 0 Å². The summed E-state index contributed by atoms with van der Waals surface area (Å²) in [5.41, 5.74) is 1.79. The predicted octanol–water partition coefficient (Wildman–Crippen LogP) is 2.14. The second-order valence-electron chi connectivity index (χ2n) is 5.65. The van der Waals surface area contributed by atoms with Gasteiger partial charge in [0.25, 0.3) is 0 Å². The fourth-order valence-electron chi connectivity index (χ4n) is 2.85.